The van der Waals surface area contributed by atoms with E-state index in [-0.39, 0.29) is 12.3 Å². The second-order valence-corrected chi connectivity index (χ2v) is 5.23. The highest BCUT2D eigenvalue weighted by Crippen LogP contribution is 2.18. The highest BCUT2D eigenvalue weighted by atomic mass is 16.5. The molecule has 0 heterocycles. The number of hydrogen-bond donors (Lipinski definition) is 1. The number of carbonyl (C=O) groups excluding carboxylic acids is 1. The lowest BCUT2D eigenvalue weighted by Crippen LogP contribution is -2.06. The van der Waals surface area contributed by atoms with Gasteiger partial charge in [-0.05, 0) is 30.7 Å². The van der Waals surface area contributed by atoms with Gasteiger partial charge in [-0.25, -0.2) is 0 Å². The molecule has 0 saturated carbocycles. The van der Waals surface area contributed by atoms with Crippen molar-refractivity contribution >= 4 is 12.3 Å². The largest absolute Gasteiger partial charge is 0.481 e. The molecule has 0 aliphatic rings. The van der Waals surface area contributed by atoms with Gasteiger partial charge in [-0.1, -0.05) is 36.8 Å². The number of aldehydes is 1. The molecule has 4 nitrogen and oxygen atoms in total. The van der Waals surface area contributed by atoms with E-state index in [2.05, 4.69) is 0 Å². The van der Waals surface area contributed by atoms with Crippen LogP contribution in [0.15, 0.2) is 30.3 Å². The van der Waals surface area contributed by atoms with Gasteiger partial charge < -0.3 is 14.6 Å². The minimum absolute atomic E-state index is 0.142. The molecule has 116 valence electrons. The minimum atomic E-state index is -0.794. The fourth-order valence-corrected chi connectivity index (χ4v) is 2.25. The predicted molar refractivity (Wildman–Crippen MR) is 81.0 cm³/mol. The summed E-state index contributed by atoms with van der Waals surface area (Å²) in [5.41, 5.74) is 1.16. The Hall–Kier alpha value is -1.68. The molecule has 0 aliphatic carbocycles. The number of carbonyl (C=O) groups is 2. The van der Waals surface area contributed by atoms with Crippen LogP contribution >= 0.6 is 0 Å². The quantitative estimate of drug-likeness (QED) is 0.473. The summed E-state index contributed by atoms with van der Waals surface area (Å²) in [6.45, 7) is 1.32. The summed E-state index contributed by atoms with van der Waals surface area (Å²) in [7, 11) is 0. The maximum atomic E-state index is 10.6. The summed E-state index contributed by atoms with van der Waals surface area (Å²) in [4.78, 5) is 21.1. The first-order valence-corrected chi connectivity index (χ1v) is 7.49. The molecule has 1 N–H and O–H groups in total. The van der Waals surface area contributed by atoms with E-state index in [0.717, 1.165) is 31.1 Å². The van der Waals surface area contributed by atoms with Crippen molar-refractivity contribution in [1.29, 1.82) is 0 Å². The molecule has 1 rings (SSSR count). The third-order valence-corrected chi connectivity index (χ3v) is 3.46. The molecule has 4 heteroatoms. The number of carboxylic acids is 1. The number of carboxylic acid groups (broad SMARTS) is 1. The summed E-state index contributed by atoms with van der Waals surface area (Å²) >= 11 is 0. The van der Waals surface area contributed by atoms with Gasteiger partial charge in [0, 0.05) is 19.4 Å². The molecule has 1 aromatic rings. The zero-order valence-electron chi connectivity index (χ0n) is 12.4. The van der Waals surface area contributed by atoms with Gasteiger partial charge in [0.05, 0.1) is 6.61 Å². The van der Waals surface area contributed by atoms with Crippen LogP contribution in [0.5, 0.6) is 0 Å². The molecule has 1 atom stereocenters. The molecule has 0 bridgehead atoms. The second-order valence-electron chi connectivity index (χ2n) is 5.23. The third kappa shape index (κ3) is 8.97. The van der Waals surface area contributed by atoms with Gasteiger partial charge in [0.2, 0.25) is 0 Å². The fourth-order valence-electron chi connectivity index (χ4n) is 2.25. The standard InChI is InChI=1S/C17H24O4/c18-12-11-15(9-10-17(19)20)6-4-5-13-21-14-16-7-2-1-3-8-16/h1-3,7-8,12,15H,4-6,9-11,13-14H2,(H,19,20). The van der Waals surface area contributed by atoms with Gasteiger partial charge in [0.15, 0.2) is 0 Å². The van der Waals surface area contributed by atoms with Crippen LogP contribution in [0.1, 0.15) is 44.1 Å². The highest BCUT2D eigenvalue weighted by Gasteiger charge is 2.10. The zero-order chi connectivity index (χ0) is 15.3. The highest BCUT2D eigenvalue weighted by molar-refractivity contribution is 5.66. The van der Waals surface area contributed by atoms with Gasteiger partial charge in [-0.15, -0.1) is 0 Å². The number of aliphatic carboxylic acids is 1. The van der Waals surface area contributed by atoms with Crippen molar-refractivity contribution in [3.05, 3.63) is 35.9 Å². The lowest BCUT2D eigenvalue weighted by atomic mass is 9.94. The zero-order valence-corrected chi connectivity index (χ0v) is 12.4. The van der Waals surface area contributed by atoms with E-state index in [1.807, 2.05) is 30.3 Å². The molecule has 0 radical (unpaired) electrons. The van der Waals surface area contributed by atoms with Crippen molar-refractivity contribution < 1.29 is 19.4 Å². The smallest absolute Gasteiger partial charge is 0.303 e. The topological polar surface area (TPSA) is 63.6 Å². The average Bonchev–Trinajstić information content (AvgIpc) is 2.49. The molecule has 0 amide bonds. The summed E-state index contributed by atoms with van der Waals surface area (Å²) in [6, 6.07) is 10.0. The Morgan fingerprint density at radius 3 is 2.62 bits per heavy atom. The summed E-state index contributed by atoms with van der Waals surface area (Å²) in [5, 5.41) is 8.67. The summed E-state index contributed by atoms with van der Waals surface area (Å²) < 4.78 is 5.60. The van der Waals surface area contributed by atoms with Crippen LogP contribution in [0.4, 0.5) is 0 Å². The van der Waals surface area contributed by atoms with Crippen LogP contribution in [0, 0.1) is 5.92 Å². The van der Waals surface area contributed by atoms with Crippen LogP contribution in [0.2, 0.25) is 0 Å². The summed E-state index contributed by atoms with van der Waals surface area (Å²) in [5.74, 6) is -0.607. The van der Waals surface area contributed by atoms with Gasteiger partial charge in [-0.3, -0.25) is 4.79 Å². The van der Waals surface area contributed by atoms with E-state index in [0.29, 0.717) is 26.1 Å². The SMILES string of the molecule is O=CCC(CCCCOCc1ccccc1)CCC(=O)O. The first kappa shape index (κ1) is 17.4. The van der Waals surface area contributed by atoms with Crippen LogP contribution in [-0.4, -0.2) is 24.0 Å². The molecule has 1 unspecified atom stereocenters. The van der Waals surface area contributed by atoms with Crippen molar-refractivity contribution in [2.45, 2.75) is 45.1 Å². The molecule has 0 saturated heterocycles. The van der Waals surface area contributed by atoms with Gasteiger partial charge in [0.25, 0.3) is 0 Å². The fraction of sp³-hybridized carbons (Fsp3) is 0.529. The maximum Gasteiger partial charge on any atom is 0.303 e. The van der Waals surface area contributed by atoms with E-state index in [9.17, 15) is 9.59 Å². The third-order valence-electron chi connectivity index (χ3n) is 3.46. The van der Waals surface area contributed by atoms with E-state index >= 15 is 0 Å². The minimum Gasteiger partial charge on any atom is -0.481 e. The molecular weight excluding hydrogens is 268 g/mol. The van der Waals surface area contributed by atoms with Crippen molar-refractivity contribution in [1.82, 2.24) is 0 Å². The Balaban J connectivity index is 2.07. The van der Waals surface area contributed by atoms with Crippen LogP contribution in [-0.2, 0) is 20.9 Å². The Labute approximate surface area is 126 Å². The lowest BCUT2D eigenvalue weighted by molar-refractivity contribution is -0.137. The lowest BCUT2D eigenvalue weighted by Gasteiger charge is -2.12. The Morgan fingerprint density at radius 1 is 1.19 bits per heavy atom. The second kappa shape index (κ2) is 11.0. The van der Waals surface area contributed by atoms with Gasteiger partial charge in [-0.2, -0.15) is 0 Å². The Bertz CT molecular complexity index is 403. The molecule has 0 spiro atoms. The maximum absolute atomic E-state index is 10.6. The van der Waals surface area contributed by atoms with E-state index in [1.54, 1.807) is 0 Å². The first-order valence-electron chi connectivity index (χ1n) is 7.49. The molecule has 0 fully saturated rings. The summed E-state index contributed by atoms with van der Waals surface area (Å²) in [6.07, 6.45) is 4.86. The number of hydrogen-bond acceptors (Lipinski definition) is 3. The van der Waals surface area contributed by atoms with Crippen molar-refractivity contribution in [3.63, 3.8) is 0 Å². The Kier molecular flexibility index (Phi) is 9.13. The first-order chi connectivity index (χ1) is 10.2. The van der Waals surface area contributed by atoms with Gasteiger partial charge in [0.1, 0.15) is 6.29 Å². The van der Waals surface area contributed by atoms with E-state index in [4.69, 9.17) is 9.84 Å². The molecule has 1 aromatic carbocycles. The van der Waals surface area contributed by atoms with Crippen molar-refractivity contribution in [2.75, 3.05) is 6.61 Å². The Morgan fingerprint density at radius 2 is 1.95 bits per heavy atom. The molecule has 21 heavy (non-hydrogen) atoms. The van der Waals surface area contributed by atoms with Crippen molar-refractivity contribution in [2.24, 2.45) is 5.92 Å². The van der Waals surface area contributed by atoms with Crippen LogP contribution < -0.4 is 0 Å². The van der Waals surface area contributed by atoms with E-state index < -0.39 is 5.97 Å². The predicted octanol–water partition coefficient (Wildman–Crippen LogP) is 3.44. The molecule has 0 aliphatic heterocycles. The van der Waals surface area contributed by atoms with E-state index in [1.165, 1.54) is 0 Å². The van der Waals surface area contributed by atoms with Crippen LogP contribution in [0.3, 0.4) is 0 Å². The van der Waals surface area contributed by atoms with Crippen molar-refractivity contribution in [3.8, 4) is 0 Å². The normalized spacial score (nSPS) is 12.0. The number of unbranched alkanes of at least 4 members (excludes halogenated alkanes) is 1. The van der Waals surface area contributed by atoms with Crippen LogP contribution in [0.25, 0.3) is 0 Å². The number of rotatable bonds is 12. The number of ether oxygens (including phenoxy) is 1. The number of benzene rings is 1. The molecular formula is C17H24O4. The monoisotopic (exact) mass is 292 g/mol. The molecule has 0 aromatic heterocycles. The van der Waals surface area contributed by atoms with Gasteiger partial charge >= 0.3 is 5.97 Å². The average molecular weight is 292 g/mol.